The summed E-state index contributed by atoms with van der Waals surface area (Å²) in [5.74, 6) is -1.01. The zero-order valence-corrected chi connectivity index (χ0v) is 11.9. The molecule has 1 aromatic heterocycles. The number of carbonyl (C=O) groups is 2. The Bertz CT molecular complexity index is 640. The molecule has 1 amide bonds. The van der Waals surface area contributed by atoms with Gasteiger partial charge < -0.3 is 10.4 Å². The van der Waals surface area contributed by atoms with Gasteiger partial charge in [-0.25, -0.2) is 0 Å². The topological polar surface area (TPSA) is 95.1 Å². The molecule has 0 radical (unpaired) electrons. The number of aryl methyl sites for hydroxylation is 2. The van der Waals surface area contributed by atoms with E-state index in [1.165, 1.54) is 0 Å². The van der Waals surface area contributed by atoms with Crippen molar-refractivity contribution in [2.75, 3.05) is 5.32 Å². The van der Waals surface area contributed by atoms with E-state index in [0.29, 0.717) is 11.3 Å². The minimum absolute atomic E-state index is 0.0262. The average molecular weight is 287 g/mol. The molecule has 21 heavy (non-hydrogen) atoms. The monoisotopic (exact) mass is 287 g/mol. The maximum atomic E-state index is 12.0. The van der Waals surface area contributed by atoms with E-state index in [1.807, 2.05) is 13.8 Å². The highest BCUT2D eigenvalue weighted by atomic mass is 16.4. The molecular formula is C15H17N3O3. The molecule has 110 valence electrons. The van der Waals surface area contributed by atoms with Crippen LogP contribution in [0.5, 0.6) is 0 Å². The van der Waals surface area contributed by atoms with Crippen LogP contribution in [-0.2, 0) is 22.4 Å². The Morgan fingerprint density at radius 1 is 1.19 bits per heavy atom. The molecule has 2 aromatic rings. The van der Waals surface area contributed by atoms with E-state index >= 15 is 0 Å². The van der Waals surface area contributed by atoms with E-state index in [9.17, 15) is 9.59 Å². The number of H-pyrrole nitrogens is 1. The maximum absolute atomic E-state index is 12.0. The van der Waals surface area contributed by atoms with Crippen molar-refractivity contribution in [1.82, 2.24) is 10.2 Å². The first-order chi connectivity index (χ1) is 9.95. The van der Waals surface area contributed by atoms with E-state index in [1.54, 1.807) is 24.3 Å². The highest BCUT2D eigenvalue weighted by Gasteiger charge is 2.11. The zero-order valence-electron chi connectivity index (χ0n) is 11.9. The van der Waals surface area contributed by atoms with E-state index < -0.39 is 5.97 Å². The van der Waals surface area contributed by atoms with Crippen LogP contribution in [0, 0.1) is 13.8 Å². The Hall–Kier alpha value is -2.63. The first kappa shape index (κ1) is 14.8. The Kier molecular flexibility index (Phi) is 4.37. The number of aliphatic carboxylic acids is 1. The number of carboxylic acid groups (broad SMARTS) is 1. The molecule has 0 saturated heterocycles. The molecule has 0 atom stereocenters. The fourth-order valence-corrected chi connectivity index (χ4v) is 2.08. The van der Waals surface area contributed by atoms with Gasteiger partial charge >= 0.3 is 5.97 Å². The smallest absolute Gasteiger partial charge is 0.307 e. The van der Waals surface area contributed by atoms with Crippen LogP contribution in [0.2, 0.25) is 0 Å². The standard InChI is InChI=1S/C15H17N3O3/c1-9-13(10(2)18-17-9)8-14(19)16-12-5-3-11(4-6-12)7-15(20)21/h3-6H,7-8H2,1-2H3,(H,16,19)(H,17,18)(H,20,21). The molecule has 0 aliphatic rings. The van der Waals surface area contributed by atoms with Gasteiger partial charge in [-0.1, -0.05) is 12.1 Å². The van der Waals surface area contributed by atoms with Crippen molar-refractivity contribution in [3.05, 3.63) is 46.8 Å². The number of benzene rings is 1. The molecule has 1 heterocycles. The van der Waals surface area contributed by atoms with Crippen molar-refractivity contribution < 1.29 is 14.7 Å². The number of rotatable bonds is 5. The van der Waals surface area contributed by atoms with Crippen LogP contribution in [0.3, 0.4) is 0 Å². The minimum atomic E-state index is -0.877. The van der Waals surface area contributed by atoms with Crippen LogP contribution in [-0.4, -0.2) is 27.2 Å². The lowest BCUT2D eigenvalue weighted by Gasteiger charge is -2.06. The van der Waals surface area contributed by atoms with Crippen LogP contribution in [0.25, 0.3) is 0 Å². The SMILES string of the molecule is Cc1n[nH]c(C)c1CC(=O)Nc1ccc(CC(=O)O)cc1. The van der Waals surface area contributed by atoms with E-state index in [0.717, 1.165) is 17.0 Å². The number of aromatic nitrogens is 2. The normalized spacial score (nSPS) is 10.4. The lowest BCUT2D eigenvalue weighted by atomic mass is 10.1. The summed E-state index contributed by atoms with van der Waals surface area (Å²) >= 11 is 0. The number of carbonyl (C=O) groups excluding carboxylic acids is 1. The summed E-state index contributed by atoms with van der Waals surface area (Å²) in [4.78, 5) is 22.6. The first-order valence-electron chi connectivity index (χ1n) is 6.56. The van der Waals surface area contributed by atoms with Crippen molar-refractivity contribution in [3.63, 3.8) is 0 Å². The van der Waals surface area contributed by atoms with Gasteiger partial charge in [0.1, 0.15) is 0 Å². The molecule has 1 aromatic carbocycles. The Labute approximate surface area is 122 Å². The maximum Gasteiger partial charge on any atom is 0.307 e. The molecule has 0 spiro atoms. The summed E-state index contributed by atoms with van der Waals surface area (Å²) in [6.07, 6.45) is 0.229. The lowest BCUT2D eigenvalue weighted by molar-refractivity contribution is -0.136. The second-order valence-corrected chi connectivity index (χ2v) is 4.90. The van der Waals surface area contributed by atoms with E-state index in [4.69, 9.17) is 5.11 Å². The molecule has 0 aliphatic heterocycles. The summed E-state index contributed by atoms with van der Waals surface area (Å²) < 4.78 is 0. The molecule has 2 rings (SSSR count). The molecule has 0 unspecified atom stereocenters. The predicted octanol–water partition coefficient (Wildman–Crippen LogP) is 1.83. The quantitative estimate of drug-likeness (QED) is 0.782. The van der Waals surface area contributed by atoms with E-state index in [2.05, 4.69) is 15.5 Å². The van der Waals surface area contributed by atoms with Gasteiger partial charge in [0.25, 0.3) is 0 Å². The highest BCUT2D eigenvalue weighted by Crippen LogP contribution is 2.13. The number of carboxylic acids is 1. The van der Waals surface area contributed by atoms with Crippen molar-refractivity contribution in [2.45, 2.75) is 26.7 Å². The largest absolute Gasteiger partial charge is 0.481 e. The van der Waals surface area contributed by atoms with Crippen LogP contribution in [0.4, 0.5) is 5.69 Å². The van der Waals surface area contributed by atoms with Gasteiger partial charge in [0.05, 0.1) is 18.5 Å². The summed E-state index contributed by atoms with van der Waals surface area (Å²) in [7, 11) is 0. The zero-order chi connectivity index (χ0) is 15.4. The van der Waals surface area contributed by atoms with Crippen molar-refractivity contribution in [3.8, 4) is 0 Å². The molecule has 0 saturated carbocycles. The van der Waals surface area contributed by atoms with Crippen LogP contribution in [0.15, 0.2) is 24.3 Å². The minimum Gasteiger partial charge on any atom is -0.481 e. The van der Waals surface area contributed by atoms with Gasteiger partial charge in [0.2, 0.25) is 5.91 Å². The fraction of sp³-hybridized carbons (Fsp3) is 0.267. The third-order valence-corrected chi connectivity index (χ3v) is 3.21. The number of aromatic amines is 1. The summed E-state index contributed by atoms with van der Waals surface area (Å²) in [5.41, 5.74) is 3.95. The summed E-state index contributed by atoms with van der Waals surface area (Å²) in [6.45, 7) is 3.73. The molecule has 0 bridgehead atoms. The van der Waals surface area contributed by atoms with Crippen LogP contribution < -0.4 is 5.32 Å². The van der Waals surface area contributed by atoms with Crippen molar-refractivity contribution >= 4 is 17.6 Å². The van der Waals surface area contributed by atoms with Gasteiger partial charge in [-0.15, -0.1) is 0 Å². The van der Waals surface area contributed by atoms with Crippen molar-refractivity contribution in [1.29, 1.82) is 0 Å². The Balaban J connectivity index is 1.98. The van der Waals surface area contributed by atoms with Crippen molar-refractivity contribution in [2.24, 2.45) is 0 Å². The number of hydrogen-bond donors (Lipinski definition) is 3. The molecular weight excluding hydrogens is 270 g/mol. The Morgan fingerprint density at radius 3 is 2.38 bits per heavy atom. The average Bonchev–Trinajstić information content (AvgIpc) is 2.72. The number of nitrogens with one attached hydrogen (secondary N) is 2. The third-order valence-electron chi connectivity index (χ3n) is 3.21. The van der Waals surface area contributed by atoms with Gasteiger partial charge in [-0.2, -0.15) is 5.10 Å². The summed E-state index contributed by atoms with van der Waals surface area (Å²) in [5, 5.41) is 18.4. The molecule has 6 heteroatoms. The van der Waals surface area contributed by atoms with Gasteiger partial charge in [-0.3, -0.25) is 14.7 Å². The van der Waals surface area contributed by atoms with Gasteiger partial charge in [-0.05, 0) is 31.5 Å². The molecule has 3 N–H and O–H groups in total. The van der Waals surface area contributed by atoms with Gasteiger partial charge in [0, 0.05) is 16.9 Å². The van der Waals surface area contributed by atoms with Crippen LogP contribution in [0.1, 0.15) is 22.5 Å². The van der Waals surface area contributed by atoms with Gasteiger partial charge in [0.15, 0.2) is 0 Å². The lowest BCUT2D eigenvalue weighted by Crippen LogP contribution is -2.15. The fourth-order valence-electron chi connectivity index (χ4n) is 2.08. The highest BCUT2D eigenvalue weighted by molar-refractivity contribution is 5.92. The molecule has 0 fully saturated rings. The third kappa shape index (κ3) is 3.92. The number of amides is 1. The van der Waals surface area contributed by atoms with Crippen LogP contribution >= 0.6 is 0 Å². The predicted molar refractivity (Wildman–Crippen MR) is 78.2 cm³/mol. The van der Waals surface area contributed by atoms with E-state index in [-0.39, 0.29) is 18.7 Å². The summed E-state index contributed by atoms with van der Waals surface area (Å²) in [6, 6.07) is 6.78. The Morgan fingerprint density at radius 2 is 1.86 bits per heavy atom. The number of hydrogen-bond acceptors (Lipinski definition) is 3. The molecule has 6 nitrogen and oxygen atoms in total. The number of nitrogens with zero attached hydrogens (tertiary/aromatic N) is 1. The first-order valence-corrected chi connectivity index (χ1v) is 6.56. The number of anilines is 1. The second-order valence-electron chi connectivity index (χ2n) is 4.90. The molecule has 0 aliphatic carbocycles. The second kappa shape index (κ2) is 6.21.